The molecule has 0 saturated heterocycles. The van der Waals surface area contributed by atoms with Crippen LogP contribution in [0.15, 0.2) is 57.9 Å². The lowest BCUT2D eigenvalue weighted by molar-refractivity contribution is 0.240. The van der Waals surface area contributed by atoms with E-state index >= 15 is 0 Å². The first kappa shape index (κ1) is 19.9. The molecule has 156 valence electrons. The minimum atomic E-state index is -0.260. The quantitative estimate of drug-likeness (QED) is 0.409. The topological polar surface area (TPSA) is 73.2 Å². The van der Waals surface area contributed by atoms with Crippen molar-refractivity contribution in [1.82, 2.24) is 14.1 Å². The van der Waals surface area contributed by atoms with Crippen LogP contribution in [0.4, 0.5) is 0 Å². The summed E-state index contributed by atoms with van der Waals surface area (Å²) in [6.07, 6.45) is 1.52. The third-order valence-corrected chi connectivity index (χ3v) is 6.10. The number of hydrogen-bond acceptors (Lipinski definition) is 4. The molecule has 1 N–H and O–H groups in total. The van der Waals surface area contributed by atoms with Gasteiger partial charge in [0.1, 0.15) is 24.2 Å². The number of aliphatic hydroxyl groups is 1. The number of aromatic nitrogens is 3. The molecule has 31 heavy (non-hydrogen) atoms. The Balaban J connectivity index is 1.82. The molecule has 0 fully saturated rings. The number of halogens is 2. The van der Waals surface area contributed by atoms with Crippen molar-refractivity contribution in [2.24, 2.45) is 14.1 Å². The molecule has 0 aliphatic carbocycles. The van der Waals surface area contributed by atoms with Gasteiger partial charge in [0, 0.05) is 46.6 Å². The fraction of sp³-hybridized carbons (Fsp3) is 0.130. The molecule has 0 bridgehead atoms. The number of fused-ring (bicyclic) bond motifs is 3. The van der Waals surface area contributed by atoms with Crippen LogP contribution in [0.3, 0.4) is 0 Å². The standard InChI is InChI=1S/C23H17Cl2N3O3/c1-27-20-6-3-12(19-11-31-21(10-29)26-19)7-15(20)16-9-17(23(30)28(2)22(16)27)14-5-4-13(24)8-18(14)25/h3-9,11,29H,10H2,1-2H3. The molecule has 5 aromatic rings. The van der Waals surface area contributed by atoms with Gasteiger partial charge in [-0.05, 0) is 30.3 Å². The van der Waals surface area contributed by atoms with Gasteiger partial charge in [-0.3, -0.25) is 9.36 Å². The first-order valence-corrected chi connectivity index (χ1v) is 10.3. The SMILES string of the molecule is Cn1c(=O)c(-c2ccc(Cl)cc2Cl)cc2c3cc(-c4coc(CO)n4)ccc3n(C)c21. The Hall–Kier alpha value is -3.06. The van der Waals surface area contributed by atoms with Gasteiger partial charge in [0.25, 0.3) is 5.56 Å². The van der Waals surface area contributed by atoms with Crippen LogP contribution in [-0.4, -0.2) is 19.2 Å². The number of aryl methyl sites for hydroxylation is 2. The second-order valence-corrected chi connectivity index (χ2v) is 8.20. The number of nitrogens with zero attached hydrogens (tertiary/aromatic N) is 3. The molecule has 2 aromatic carbocycles. The van der Waals surface area contributed by atoms with E-state index in [1.54, 1.807) is 29.8 Å². The molecule has 0 unspecified atom stereocenters. The monoisotopic (exact) mass is 453 g/mol. The molecule has 0 amide bonds. The van der Waals surface area contributed by atoms with Crippen LogP contribution in [0, 0.1) is 0 Å². The zero-order valence-electron chi connectivity index (χ0n) is 16.7. The van der Waals surface area contributed by atoms with Crippen molar-refractivity contribution >= 4 is 45.1 Å². The lowest BCUT2D eigenvalue weighted by Crippen LogP contribution is -2.20. The summed E-state index contributed by atoms with van der Waals surface area (Å²) in [6.45, 7) is -0.260. The van der Waals surface area contributed by atoms with Gasteiger partial charge in [-0.2, -0.15) is 0 Å². The maximum atomic E-state index is 13.2. The number of oxazole rings is 1. The summed E-state index contributed by atoms with van der Waals surface area (Å²) in [6, 6.07) is 12.9. The maximum absolute atomic E-state index is 13.2. The predicted molar refractivity (Wildman–Crippen MR) is 123 cm³/mol. The zero-order valence-corrected chi connectivity index (χ0v) is 18.2. The summed E-state index contributed by atoms with van der Waals surface area (Å²) in [5.74, 6) is 0.259. The summed E-state index contributed by atoms with van der Waals surface area (Å²) < 4.78 is 8.90. The minimum Gasteiger partial charge on any atom is -0.446 e. The molecular weight excluding hydrogens is 437 g/mol. The second-order valence-electron chi connectivity index (χ2n) is 7.36. The van der Waals surface area contributed by atoms with Crippen molar-refractivity contribution < 1.29 is 9.52 Å². The van der Waals surface area contributed by atoms with E-state index in [9.17, 15) is 9.90 Å². The molecule has 3 heterocycles. The van der Waals surface area contributed by atoms with Crippen molar-refractivity contribution in [2.45, 2.75) is 6.61 Å². The predicted octanol–water partition coefficient (Wildman–Crippen LogP) is 5.15. The Morgan fingerprint density at radius 2 is 1.81 bits per heavy atom. The Bertz CT molecular complexity index is 1550. The van der Waals surface area contributed by atoms with Gasteiger partial charge in [-0.1, -0.05) is 35.3 Å². The van der Waals surface area contributed by atoms with Crippen molar-refractivity contribution in [3.63, 3.8) is 0 Å². The van der Waals surface area contributed by atoms with Crippen molar-refractivity contribution in [1.29, 1.82) is 0 Å². The Morgan fingerprint density at radius 1 is 1.00 bits per heavy atom. The van der Waals surface area contributed by atoms with Gasteiger partial charge in [0.05, 0.1) is 10.5 Å². The van der Waals surface area contributed by atoms with E-state index in [1.807, 2.05) is 35.9 Å². The van der Waals surface area contributed by atoms with Gasteiger partial charge < -0.3 is 14.1 Å². The molecule has 8 heteroatoms. The average Bonchev–Trinajstić information content (AvgIpc) is 3.34. The highest BCUT2D eigenvalue weighted by Gasteiger charge is 2.18. The molecule has 0 aliphatic heterocycles. The molecule has 3 aromatic heterocycles. The molecule has 5 rings (SSSR count). The largest absolute Gasteiger partial charge is 0.446 e. The van der Waals surface area contributed by atoms with E-state index in [2.05, 4.69) is 4.98 Å². The third-order valence-electron chi connectivity index (χ3n) is 5.55. The van der Waals surface area contributed by atoms with E-state index in [-0.39, 0.29) is 18.1 Å². The smallest absolute Gasteiger partial charge is 0.259 e. The van der Waals surface area contributed by atoms with Crippen molar-refractivity contribution in [3.05, 3.63) is 75.0 Å². The van der Waals surface area contributed by atoms with Crippen LogP contribution < -0.4 is 5.56 Å². The fourth-order valence-electron chi connectivity index (χ4n) is 4.07. The van der Waals surface area contributed by atoms with E-state index in [0.717, 1.165) is 27.5 Å². The molecule has 0 aliphatic rings. The summed E-state index contributed by atoms with van der Waals surface area (Å²) in [4.78, 5) is 17.5. The first-order valence-electron chi connectivity index (χ1n) is 9.52. The zero-order chi connectivity index (χ0) is 21.9. The highest BCUT2D eigenvalue weighted by molar-refractivity contribution is 6.36. The Labute approximate surface area is 186 Å². The first-order chi connectivity index (χ1) is 14.9. The van der Waals surface area contributed by atoms with Gasteiger partial charge in [-0.15, -0.1) is 0 Å². The number of pyridine rings is 1. The summed E-state index contributed by atoms with van der Waals surface area (Å²) >= 11 is 12.4. The molecule has 6 nitrogen and oxygen atoms in total. The van der Waals surface area contributed by atoms with Gasteiger partial charge in [0.2, 0.25) is 5.89 Å². The van der Waals surface area contributed by atoms with Crippen molar-refractivity contribution in [2.75, 3.05) is 0 Å². The third kappa shape index (κ3) is 3.07. The lowest BCUT2D eigenvalue weighted by atomic mass is 10.0. The highest BCUT2D eigenvalue weighted by atomic mass is 35.5. The average molecular weight is 454 g/mol. The van der Waals surface area contributed by atoms with Crippen LogP contribution in [0.5, 0.6) is 0 Å². The molecule has 0 atom stereocenters. The number of aliphatic hydroxyl groups excluding tert-OH is 1. The highest BCUT2D eigenvalue weighted by Crippen LogP contribution is 2.35. The lowest BCUT2D eigenvalue weighted by Gasteiger charge is -2.09. The van der Waals surface area contributed by atoms with Crippen LogP contribution >= 0.6 is 23.2 Å². The normalized spacial score (nSPS) is 11.6. The van der Waals surface area contributed by atoms with Gasteiger partial charge in [-0.25, -0.2) is 4.98 Å². The van der Waals surface area contributed by atoms with Crippen LogP contribution in [-0.2, 0) is 20.7 Å². The number of rotatable bonds is 3. The van der Waals surface area contributed by atoms with Crippen molar-refractivity contribution in [3.8, 4) is 22.4 Å². The molecule has 0 saturated carbocycles. The summed E-state index contributed by atoms with van der Waals surface area (Å²) in [7, 11) is 3.68. The number of benzene rings is 2. The van der Waals surface area contributed by atoms with Crippen LogP contribution in [0.1, 0.15) is 5.89 Å². The molecular formula is C23H17Cl2N3O3. The van der Waals surface area contributed by atoms with E-state index in [1.165, 1.54) is 6.26 Å². The Kier molecular flexibility index (Phi) is 4.66. The number of hydrogen-bond donors (Lipinski definition) is 1. The molecule has 0 radical (unpaired) electrons. The van der Waals surface area contributed by atoms with Crippen LogP contribution in [0.25, 0.3) is 44.3 Å². The van der Waals surface area contributed by atoms with E-state index in [4.69, 9.17) is 27.6 Å². The van der Waals surface area contributed by atoms with E-state index in [0.29, 0.717) is 26.9 Å². The summed E-state index contributed by atoms with van der Waals surface area (Å²) in [5, 5.41) is 12.0. The maximum Gasteiger partial charge on any atom is 0.259 e. The second kappa shape index (κ2) is 7.27. The Morgan fingerprint density at radius 3 is 2.52 bits per heavy atom. The van der Waals surface area contributed by atoms with E-state index < -0.39 is 0 Å². The summed E-state index contributed by atoms with van der Waals surface area (Å²) in [5.41, 5.74) is 4.23. The van der Waals surface area contributed by atoms with Gasteiger partial charge >= 0.3 is 0 Å². The van der Waals surface area contributed by atoms with Gasteiger partial charge in [0.15, 0.2) is 0 Å². The minimum absolute atomic E-state index is 0.146. The molecule has 0 spiro atoms. The van der Waals surface area contributed by atoms with Crippen LogP contribution in [0.2, 0.25) is 10.0 Å². The fourth-order valence-corrected chi connectivity index (χ4v) is 4.58.